The maximum absolute atomic E-state index is 13.7. The lowest BCUT2D eigenvalue weighted by atomic mass is 9.91. The van der Waals surface area contributed by atoms with E-state index in [1.165, 1.54) is 9.58 Å². The Kier molecular flexibility index (Phi) is 10.6. The maximum atomic E-state index is 13.7. The summed E-state index contributed by atoms with van der Waals surface area (Å²) in [6.45, 7) is 8.39. The zero-order valence-electron chi connectivity index (χ0n) is 25.5. The van der Waals surface area contributed by atoms with Gasteiger partial charge in [0.25, 0.3) is 5.91 Å². The number of carbonyl (C=O) groups is 2. The monoisotopic (exact) mass is 558 g/mol. The lowest BCUT2D eigenvalue weighted by molar-refractivity contribution is -0.122. The Morgan fingerprint density at radius 1 is 0.900 bits per heavy atom. The fourth-order valence-corrected chi connectivity index (χ4v) is 5.84. The minimum atomic E-state index is -0.0266. The van der Waals surface area contributed by atoms with Crippen LogP contribution in [-0.2, 0) is 4.79 Å². The second-order valence-corrected chi connectivity index (χ2v) is 11.7. The molecule has 5 nitrogen and oxygen atoms in total. The highest BCUT2D eigenvalue weighted by molar-refractivity contribution is 7.21. The van der Waals surface area contributed by atoms with Crippen molar-refractivity contribution in [1.82, 2.24) is 9.48 Å². The molecule has 0 fully saturated rings. The Morgan fingerprint density at radius 2 is 1.60 bits per heavy atom. The van der Waals surface area contributed by atoms with Gasteiger partial charge in [-0.25, -0.2) is 4.58 Å². The van der Waals surface area contributed by atoms with E-state index in [2.05, 4.69) is 80.1 Å². The van der Waals surface area contributed by atoms with Crippen LogP contribution in [0.5, 0.6) is 0 Å². The predicted molar refractivity (Wildman–Crippen MR) is 173 cm³/mol. The Balaban J connectivity index is 0.00000216. The molecule has 0 radical (unpaired) electrons. The third-order valence-corrected chi connectivity index (χ3v) is 8.17. The fraction of sp³-hybridized carbons (Fsp3) is 0.382. The highest BCUT2D eigenvalue weighted by Gasteiger charge is 2.23. The SMILES string of the molecule is CC.CC(C)C(=O)CCCN(C)C(=O)c1ccccc1-c1c2ccc(=[N+](C)C)cc-2sc2cc(N(C)C)ccc12. The average Bonchev–Trinajstić information content (AvgIpc) is 2.95. The van der Waals surface area contributed by atoms with E-state index in [9.17, 15) is 9.59 Å². The molecule has 1 aliphatic heterocycles. The summed E-state index contributed by atoms with van der Waals surface area (Å²) < 4.78 is 3.29. The van der Waals surface area contributed by atoms with Crippen molar-refractivity contribution in [3.05, 3.63) is 71.6 Å². The van der Waals surface area contributed by atoms with Crippen LogP contribution in [0, 0.1) is 5.92 Å². The highest BCUT2D eigenvalue weighted by atomic mass is 32.1. The fourth-order valence-electron chi connectivity index (χ4n) is 4.69. The lowest BCUT2D eigenvalue weighted by Crippen LogP contribution is -2.28. The Labute approximate surface area is 243 Å². The summed E-state index contributed by atoms with van der Waals surface area (Å²) in [5, 5.41) is 2.28. The summed E-state index contributed by atoms with van der Waals surface area (Å²) in [6.07, 6.45) is 1.16. The molecular formula is C34H44N3O2S+. The van der Waals surface area contributed by atoms with Crippen LogP contribution < -0.4 is 14.8 Å². The van der Waals surface area contributed by atoms with Crippen molar-refractivity contribution < 1.29 is 9.59 Å². The Bertz CT molecular complexity index is 1530. The minimum Gasteiger partial charge on any atom is -0.378 e. The summed E-state index contributed by atoms with van der Waals surface area (Å²) in [5.74, 6) is 0.239. The van der Waals surface area contributed by atoms with E-state index in [0.29, 0.717) is 24.9 Å². The van der Waals surface area contributed by atoms with E-state index in [-0.39, 0.29) is 17.6 Å². The van der Waals surface area contributed by atoms with Crippen molar-refractivity contribution in [2.24, 2.45) is 5.92 Å². The first-order valence-corrected chi connectivity index (χ1v) is 15.0. The zero-order chi connectivity index (χ0) is 29.6. The summed E-state index contributed by atoms with van der Waals surface area (Å²) >= 11 is 1.78. The maximum Gasteiger partial charge on any atom is 0.254 e. The minimum absolute atomic E-state index is 0.0264. The number of fused-ring (bicyclic) bond motifs is 2. The molecule has 0 bridgehead atoms. The molecule has 2 aliphatic rings. The predicted octanol–water partition coefficient (Wildman–Crippen LogP) is 6.87. The molecule has 0 aromatic heterocycles. The standard InChI is InChI=1S/C32H38N3O2S.C2H6/c1-21(2)28(36)13-10-18-35(7)32(37)25-12-9-8-11-24(25)31-26-16-14-22(33(3)4)19-29(26)38-30-20-23(34(5)6)15-17-27(30)31;1-2/h8-9,11-12,14-17,19-21H,10,13,18H2,1-7H3;1-2H3/q+1;. The van der Waals surface area contributed by atoms with Crippen LogP contribution in [0.2, 0.25) is 0 Å². The van der Waals surface area contributed by atoms with Crippen molar-refractivity contribution in [1.29, 1.82) is 0 Å². The van der Waals surface area contributed by atoms with Gasteiger partial charge in [-0.05, 0) is 41.8 Å². The summed E-state index contributed by atoms with van der Waals surface area (Å²) in [4.78, 5) is 30.9. The number of carbonyl (C=O) groups excluding carboxylic acids is 2. The summed E-state index contributed by atoms with van der Waals surface area (Å²) in [6, 6.07) is 21.0. The molecule has 0 saturated carbocycles. The Hall–Kier alpha value is -3.51. The van der Waals surface area contributed by atoms with Gasteiger partial charge in [-0.1, -0.05) is 52.0 Å². The van der Waals surface area contributed by atoms with Gasteiger partial charge in [0.15, 0.2) is 0 Å². The van der Waals surface area contributed by atoms with Crippen molar-refractivity contribution in [2.45, 2.75) is 40.5 Å². The van der Waals surface area contributed by atoms with E-state index < -0.39 is 0 Å². The van der Waals surface area contributed by atoms with Crippen LogP contribution in [0.4, 0.5) is 5.69 Å². The van der Waals surface area contributed by atoms with Crippen LogP contribution in [0.15, 0.2) is 60.7 Å². The van der Waals surface area contributed by atoms with Gasteiger partial charge in [-0.3, -0.25) is 9.59 Å². The number of ketones is 1. The molecule has 0 N–H and O–H groups in total. The molecule has 0 unspecified atom stereocenters. The smallest absolute Gasteiger partial charge is 0.254 e. The largest absolute Gasteiger partial charge is 0.378 e. The van der Waals surface area contributed by atoms with E-state index in [1.54, 1.807) is 16.2 Å². The lowest BCUT2D eigenvalue weighted by Gasteiger charge is -2.22. The van der Waals surface area contributed by atoms with Gasteiger partial charge in [0.2, 0.25) is 5.36 Å². The highest BCUT2D eigenvalue weighted by Crippen LogP contribution is 2.44. The van der Waals surface area contributed by atoms with Gasteiger partial charge in [0.05, 0.1) is 0 Å². The number of benzene rings is 3. The number of rotatable bonds is 8. The topological polar surface area (TPSA) is 43.6 Å². The van der Waals surface area contributed by atoms with Crippen LogP contribution in [0.1, 0.15) is 50.9 Å². The molecule has 0 spiro atoms. The van der Waals surface area contributed by atoms with Gasteiger partial charge in [-0.2, -0.15) is 0 Å². The van der Waals surface area contributed by atoms with E-state index in [4.69, 9.17) is 0 Å². The normalized spacial score (nSPS) is 10.8. The molecule has 0 atom stereocenters. The molecule has 212 valence electrons. The Morgan fingerprint density at radius 3 is 2.25 bits per heavy atom. The average molecular weight is 559 g/mol. The van der Waals surface area contributed by atoms with E-state index in [0.717, 1.165) is 33.1 Å². The van der Waals surface area contributed by atoms with Crippen molar-refractivity contribution in [3.63, 3.8) is 0 Å². The molecule has 1 heterocycles. The first-order chi connectivity index (χ1) is 19.1. The molecule has 2 aromatic carbocycles. The summed E-state index contributed by atoms with van der Waals surface area (Å²) in [7, 11) is 10.0. The molecule has 4 rings (SSSR count). The number of amides is 1. The van der Waals surface area contributed by atoms with Crippen LogP contribution in [0.25, 0.3) is 31.7 Å². The zero-order valence-corrected chi connectivity index (χ0v) is 26.4. The summed E-state index contributed by atoms with van der Waals surface area (Å²) in [5.41, 5.74) is 4.97. The molecule has 1 amide bonds. The molecule has 1 aliphatic carbocycles. The number of anilines is 1. The van der Waals surface area contributed by atoms with Crippen molar-refractivity contribution >= 4 is 38.8 Å². The first kappa shape index (κ1) is 31.0. The molecule has 40 heavy (non-hydrogen) atoms. The quantitative estimate of drug-likeness (QED) is 0.175. The van der Waals surface area contributed by atoms with Crippen molar-refractivity contribution in [3.8, 4) is 21.6 Å². The first-order valence-electron chi connectivity index (χ1n) is 14.1. The molecule has 2 aromatic rings. The number of nitrogens with zero attached hydrogens (tertiary/aromatic N) is 3. The number of Topliss-reactive ketones (excluding diaryl/α,β-unsaturated/α-hetero) is 1. The van der Waals surface area contributed by atoms with Gasteiger partial charge in [0.1, 0.15) is 19.9 Å². The molecule has 0 saturated heterocycles. The van der Waals surface area contributed by atoms with E-state index >= 15 is 0 Å². The molecular weight excluding hydrogens is 514 g/mol. The number of hydrogen-bond acceptors (Lipinski definition) is 4. The molecule has 6 heteroatoms. The second kappa shape index (κ2) is 13.7. The van der Waals surface area contributed by atoms with Gasteiger partial charge in [-0.15, -0.1) is 11.3 Å². The van der Waals surface area contributed by atoms with Crippen LogP contribution >= 0.6 is 11.3 Å². The number of hydrogen-bond donors (Lipinski definition) is 0. The van der Waals surface area contributed by atoms with Crippen molar-refractivity contribution in [2.75, 3.05) is 46.7 Å². The second-order valence-electron chi connectivity index (χ2n) is 10.6. The third kappa shape index (κ3) is 6.79. The third-order valence-electron chi connectivity index (χ3n) is 7.06. The van der Waals surface area contributed by atoms with Crippen LogP contribution in [-0.4, -0.2) is 58.4 Å². The van der Waals surface area contributed by atoms with E-state index in [1.807, 2.05) is 52.9 Å². The van der Waals surface area contributed by atoms with Crippen LogP contribution in [0.3, 0.4) is 0 Å². The van der Waals surface area contributed by atoms with Gasteiger partial charge in [0, 0.05) is 83.9 Å². The van der Waals surface area contributed by atoms with Gasteiger partial charge >= 0.3 is 0 Å². The van der Waals surface area contributed by atoms with Gasteiger partial charge < -0.3 is 9.80 Å².